The minimum absolute atomic E-state index is 0.0179. The van der Waals surface area contributed by atoms with E-state index >= 15 is 0 Å². The Bertz CT molecular complexity index is 291. The first-order valence-corrected chi connectivity index (χ1v) is 7.09. The second-order valence-corrected chi connectivity index (χ2v) is 5.90. The van der Waals surface area contributed by atoms with Crippen LogP contribution in [0.4, 0.5) is 0 Å². The van der Waals surface area contributed by atoms with Crippen molar-refractivity contribution in [1.82, 2.24) is 4.90 Å². The van der Waals surface area contributed by atoms with Gasteiger partial charge in [-0.05, 0) is 18.3 Å². The zero-order valence-electron chi connectivity index (χ0n) is 12.9. The highest BCUT2D eigenvalue weighted by Gasteiger charge is 2.28. The van der Waals surface area contributed by atoms with Crippen LogP contribution in [-0.2, 0) is 4.79 Å². The van der Waals surface area contributed by atoms with E-state index < -0.39 is 5.92 Å². The Morgan fingerprint density at radius 1 is 1.21 bits per heavy atom. The summed E-state index contributed by atoms with van der Waals surface area (Å²) in [7, 11) is 0. The first-order valence-electron chi connectivity index (χ1n) is 7.09. The number of amidine groups is 1. The number of carbonyl (C=O) groups excluding carboxylic acids is 1. The van der Waals surface area contributed by atoms with Crippen molar-refractivity contribution in [3.05, 3.63) is 0 Å². The molecule has 0 heterocycles. The Hall–Kier alpha value is -1.26. The van der Waals surface area contributed by atoms with Gasteiger partial charge in [0, 0.05) is 13.1 Å². The molecule has 0 saturated heterocycles. The molecule has 0 aliphatic heterocycles. The molecular weight excluding hydrogens is 242 g/mol. The zero-order chi connectivity index (χ0) is 15.0. The standard InChI is InChI=1S/C14H29N3O2/c1-6-7-12(13(15)16-19)14(18)17(8-10(2)3)9-11(4)5/h10-12,19H,6-9H2,1-5H3,(H2,15,16). The van der Waals surface area contributed by atoms with Crippen LogP contribution in [0.15, 0.2) is 5.16 Å². The molecule has 0 fully saturated rings. The topological polar surface area (TPSA) is 78.9 Å². The van der Waals surface area contributed by atoms with Gasteiger partial charge >= 0.3 is 0 Å². The number of oxime groups is 1. The van der Waals surface area contributed by atoms with Gasteiger partial charge in [0.25, 0.3) is 0 Å². The fourth-order valence-corrected chi connectivity index (χ4v) is 2.11. The number of nitrogens with zero attached hydrogens (tertiary/aromatic N) is 2. The fraction of sp³-hybridized carbons (Fsp3) is 0.857. The quantitative estimate of drug-likeness (QED) is 0.308. The third-order valence-electron chi connectivity index (χ3n) is 2.83. The van der Waals surface area contributed by atoms with E-state index in [0.717, 1.165) is 6.42 Å². The molecule has 112 valence electrons. The molecule has 0 aliphatic carbocycles. The van der Waals surface area contributed by atoms with Gasteiger partial charge in [-0.3, -0.25) is 4.79 Å². The second kappa shape index (κ2) is 8.77. The maximum absolute atomic E-state index is 12.6. The molecule has 0 spiro atoms. The van der Waals surface area contributed by atoms with Crippen molar-refractivity contribution in [2.24, 2.45) is 28.6 Å². The highest BCUT2D eigenvalue weighted by atomic mass is 16.4. The number of nitrogens with two attached hydrogens (primary N) is 1. The van der Waals surface area contributed by atoms with Gasteiger partial charge in [0.15, 0.2) is 5.84 Å². The van der Waals surface area contributed by atoms with Gasteiger partial charge in [-0.2, -0.15) is 0 Å². The maximum Gasteiger partial charge on any atom is 0.233 e. The molecule has 0 saturated carbocycles. The highest BCUT2D eigenvalue weighted by Crippen LogP contribution is 2.14. The van der Waals surface area contributed by atoms with Crippen LogP contribution in [0, 0.1) is 17.8 Å². The van der Waals surface area contributed by atoms with Crippen molar-refractivity contribution in [2.75, 3.05) is 13.1 Å². The molecule has 0 aliphatic rings. The summed E-state index contributed by atoms with van der Waals surface area (Å²) in [6, 6.07) is 0. The predicted molar refractivity (Wildman–Crippen MR) is 78.1 cm³/mol. The van der Waals surface area contributed by atoms with Gasteiger partial charge in [0.2, 0.25) is 5.91 Å². The lowest BCUT2D eigenvalue weighted by molar-refractivity contribution is -0.134. The summed E-state index contributed by atoms with van der Waals surface area (Å²) in [5, 5.41) is 11.8. The SMILES string of the molecule is CCCC(C(=O)N(CC(C)C)CC(C)C)C(N)=NO. The van der Waals surface area contributed by atoms with Gasteiger partial charge in [-0.15, -0.1) is 0 Å². The van der Waals surface area contributed by atoms with Gasteiger partial charge < -0.3 is 15.8 Å². The Labute approximate surface area is 116 Å². The van der Waals surface area contributed by atoms with Crippen LogP contribution in [-0.4, -0.2) is 34.9 Å². The van der Waals surface area contributed by atoms with Crippen molar-refractivity contribution in [2.45, 2.75) is 47.5 Å². The second-order valence-electron chi connectivity index (χ2n) is 5.90. The van der Waals surface area contributed by atoms with Crippen LogP contribution >= 0.6 is 0 Å². The first-order chi connectivity index (χ1) is 8.83. The van der Waals surface area contributed by atoms with Crippen LogP contribution < -0.4 is 5.73 Å². The van der Waals surface area contributed by atoms with Crippen molar-refractivity contribution in [1.29, 1.82) is 0 Å². The molecule has 1 atom stereocenters. The third-order valence-corrected chi connectivity index (χ3v) is 2.83. The molecule has 0 aromatic rings. The van der Waals surface area contributed by atoms with E-state index in [2.05, 4.69) is 32.9 Å². The summed E-state index contributed by atoms with van der Waals surface area (Å²) < 4.78 is 0. The minimum atomic E-state index is -0.507. The lowest BCUT2D eigenvalue weighted by Gasteiger charge is -2.29. The number of rotatable bonds is 8. The lowest BCUT2D eigenvalue weighted by atomic mass is 9.99. The van der Waals surface area contributed by atoms with Crippen molar-refractivity contribution in [3.63, 3.8) is 0 Å². The number of hydrogen-bond donors (Lipinski definition) is 2. The van der Waals surface area contributed by atoms with E-state index in [4.69, 9.17) is 10.9 Å². The van der Waals surface area contributed by atoms with E-state index in [-0.39, 0.29) is 11.7 Å². The van der Waals surface area contributed by atoms with E-state index in [9.17, 15) is 4.79 Å². The lowest BCUT2D eigenvalue weighted by Crippen LogP contribution is -2.45. The summed E-state index contributed by atoms with van der Waals surface area (Å²) in [6.07, 6.45) is 1.44. The molecular formula is C14H29N3O2. The number of hydrogen-bond acceptors (Lipinski definition) is 3. The fourth-order valence-electron chi connectivity index (χ4n) is 2.11. The largest absolute Gasteiger partial charge is 0.409 e. The van der Waals surface area contributed by atoms with Crippen molar-refractivity contribution >= 4 is 11.7 Å². The summed E-state index contributed by atoms with van der Waals surface area (Å²) in [6.45, 7) is 11.7. The van der Waals surface area contributed by atoms with Crippen LogP contribution in [0.5, 0.6) is 0 Å². The molecule has 0 aromatic heterocycles. The van der Waals surface area contributed by atoms with Crippen molar-refractivity contribution in [3.8, 4) is 0 Å². The molecule has 1 amide bonds. The minimum Gasteiger partial charge on any atom is -0.409 e. The summed E-state index contributed by atoms with van der Waals surface area (Å²) >= 11 is 0. The van der Waals surface area contributed by atoms with E-state index in [1.165, 1.54) is 0 Å². The average molecular weight is 271 g/mol. The molecule has 3 N–H and O–H groups in total. The number of amides is 1. The molecule has 0 radical (unpaired) electrons. The monoisotopic (exact) mass is 271 g/mol. The molecule has 19 heavy (non-hydrogen) atoms. The summed E-state index contributed by atoms with van der Waals surface area (Å²) in [5.74, 6) is 0.283. The van der Waals surface area contributed by atoms with Crippen LogP contribution in [0.3, 0.4) is 0 Å². The Kier molecular flexibility index (Phi) is 8.19. The van der Waals surface area contributed by atoms with Gasteiger partial charge in [-0.25, -0.2) is 0 Å². The smallest absolute Gasteiger partial charge is 0.233 e. The third kappa shape index (κ3) is 6.45. The predicted octanol–water partition coefficient (Wildman–Crippen LogP) is 2.29. The van der Waals surface area contributed by atoms with Crippen LogP contribution in [0.25, 0.3) is 0 Å². The first kappa shape index (κ1) is 17.7. The Morgan fingerprint density at radius 3 is 2.00 bits per heavy atom. The normalized spacial score (nSPS) is 13.9. The van der Waals surface area contributed by atoms with Gasteiger partial charge in [0.1, 0.15) is 0 Å². The molecule has 0 aromatic carbocycles. The molecule has 0 bridgehead atoms. The van der Waals surface area contributed by atoms with Crippen LogP contribution in [0.1, 0.15) is 47.5 Å². The molecule has 5 nitrogen and oxygen atoms in total. The van der Waals surface area contributed by atoms with Crippen LogP contribution in [0.2, 0.25) is 0 Å². The summed E-state index contributed by atoms with van der Waals surface area (Å²) in [4.78, 5) is 14.4. The van der Waals surface area contributed by atoms with Gasteiger partial charge in [0.05, 0.1) is 5.92 Å². The highest BCUT2D eigenvalue weighted by molar-refractivity contribution is 6.02. The maximum atomic E-state index is 12.6. The number of carbonyl (C=O) groups is 1. The van der Waals surface area contributed by atoms with Gasteiger partial charge in [-0.1, -0.05) is 46.2 Å². The van der Waals surface area contributed by atoms with Crippen molar-refractivity contribution < 1.29 is 10.0 Å². The average Bonchev–Trinajstić information content (AvgIpc) is 2.32. The Balaban J connectivity index is 4.99. The molecule has 1 unspecified atom stereocenters. The Morgan fingerprint density at radius 2 is 1.68 bits per heavy atom. The molecule has 0 rings (SSSR count). The van der Waals surface area contributed by atoms with E-state index in [1.54, 1.807) is 0 Å². The van der Waals surface area contributed by atoms with E-state index in [1.807, 2.05) is 11.8 Å². The summed E-state index contributed by atoms with van der Waals surface area (Å²) in [5.41, 5.74) is 5.66. The zero-order valence-corrected chi connectivity index (χ0v) is 12.9. The van der Waals surface area contributed by atoms with E-state index in [0.29, 0.717) is 31.3 Å². The molecule has 5 heteroatoms.